The SMILES string of the molecule is CO/C=C(\C(=O)O)c1ccccc1COc1cccc(N2CCOCC2)c1. The first-order valence-electron chi connectivity index (χ1n) is 8.79. The molecule has 142 valence electrons. The van der Waals surface area contributed by atoms with Crippen molar-refractivity contribution in [3.05, 3.63) is 65.9 Å². The average Bonchev–Trinajstić information content (AvgIpc) is 2.71. The van der Waals surface area contributed by atoms with Gasteiger partial charge >= 0.3 is 5.97 Å². The van der Waals surface area contributed by atoms with Crippen LogP contribution in [0.1, 0.15) is 11.1 Å². The lowest BCUT2D eigenvalue weighted by Crippen LogP contribution is -2.36. The number of carboxylic acid groups (broad SMARTS) is 1. The van der Waals surface area contributed by atoms with E-state index in [-0.39, 0.29) is 12.2 Å². The van der Waals surface area contributed by atoms with E-state index in [2.05, 4.69) is 11.0 Å². The summed E-state index contributed by atoms with van der Waals surface area (Å²) in [7, 11) is 1.43. The molecular weight excluding hydrogens is 346 g/mol. The quantitative estimate of drug-likeness (QED) is 0.597. The van der Waals surface area contributed by atoms with E-state index in [4.69, 9.17) is 14.2 Å². The van der Waals surface area contributed by atoms with Crippen molar-refractivity contribution in [3.63, 3.8) is 0 Å². The van der Waals surface area contributed by atoms with Crippen LogP contribution in [-0.4, -0.2) is 44.5 Å². The van der Waals surface area contributed by atoms with Gasteiger partial charge in [-0.2, -0.15) is 0 Å². The molecular formula is C21H23NO5. The Labute approximate surface area is 158 Å². The third-order valence-corrected chi connectivity index (χ3v) is 4.36. The van der Waals surface area contributed by atoms with Gasteiger partial charge in [-0.25, -0.2) is 4.79 Å². The first-order chi connectivity index (χ1) is 13.2. The number of nitrogens with zero attached hydrogens (tertiary/aromatic N) is 1. The van der Waals surface area contributed by atoms with Crippen LogP contribution in [0, 0.1) is 0 Å². The Bertz CT molecular complexity index is 812. The molecule has 3 rings (SSSR count). The smallest absolute Gasteiger partial charge is 0.339 e. The summed E-state index contributed by atoms with van der Waals surface area (Å²) >= 11 is 0. The lowest BCUT2D eigenvalue weighted by atomic mass is 10.0. The van der Waals surface area contributed by atoms with Crippen molar-refractivity contribution in [1.29, 1.82) is 0 Å². The summed E-state index contributed by atoms with van der Waals surface area (Å²) < 4.78 is 16.3. The van der Waals surface area contributed by atoms with E-state index < -0.39 is 5.97 Å². The molecule has 0 radical (unpaired) electrons. The van der Waals surface area contributed by atoms with E-state index in [1.165, 1.54) is 13.4 Å². The Hall–Kier alpha value is -2.99. The van der Waals surface area contributed by atoms with Gasteiger partial charge in [-0.15, -0.1) is 0 Å². The minimum atomic E-state index is -1.04. The lowest BCUT2D eigenvalue weighted by molar-refractivity contribution is -0.130. The van der Waals surface area contributed by atoms with Gasteiger partial charge in [0.05, 0.1) is 26.6 Å². The number of benzene rings is 2. The highest BCUT2D eigenvalue weighted by Crippen LogP contribution is 2.25. The van der Waals surface area contributed by atoms with Crippen LogP contribution in [0.25, 0.3) is 5.57 Å². The van der Waals surface area contributed by atoms with Gasteiger partial charge in [-0.3, -0.25) is 0 Å². The highest BCUT2D eigenvalue weighted by molar-refractivity contribution is 6.15. The maximum atomic E-state index is 11.5. The lowest BCUT2D eigenvalue weighted by Gasteiger charge is -2.29. The van der Waals surface area contributed by atoms with Crippen molar-refractivity contribution in [3.8, 4) is 5.75 Å². The normalized spacial score (nSPS) is 14.7. The molecule has 0 amide bonds. The largest absolute Gasteiger partial charge is 0.503 e. The zero-order chi connectivity index (χ0) is 19.1. The van der Waals surface area contributed by atoms with Gasteiger partial charge in [0.1, 0.15) is 17.9 Å². The number of anilines is 1. The predicted molar refractivity (Wildman–Crippen MR) is 103 cm³/mol. The Balaban J connectivity index is 1.76. The maximum Gasteiger partial charge on any atom is 0.339 e. The van der Waals surface area contributed by atoms with E-state index >= 15 is 0 Å². The van der Waals surface area contributed by atoms with Crippen LogP contribution in [0.2, 0.25) is 0 Å². The molecule has 2 aromatic carbocycles. The van der Waals surface area contributed by atoms with Crippen LogP contribution >= 0.6 is 0 Å². The van der Waals surface area contributed by atoms with Gasteiger partial charge in [-0.05, 0) is 23.3 Å². The minimum Gasteiger partial charge on any atom is -0.503 e. The Morgan fingerprint density at radius 2 is 1.96 bits per heavy atom. The Kier molecular flexibility index (Phi) is 6.33. The molecule has 6 heteroatoms. The molecule has 1 fully saturated rings. The van der Waals surface area contributed by atoms with Crippen LogP contribution < -0.4 is 9.64 Å². The second kappa shape index (κ2) is 9.09. The molecule has 27 heavy (non-hydrogen) atoms. The summed E-state index contributed by atoms with van der Waals surface area (Å²) in [5.41, 5.74) is 2.55. The van der Waals surface area contributed by atoms with Gasteiger partial charge in [-0.1, -0.05) is 30.3 Å². The molecule has 1 N–H and O–H groups in total. The Morgan fingerprint density at radius 3 is 2.70 bits per heavy atom. The molecule has 0 aliphatic carbocycles. The van der Waals surface area contributed by atoms with E-state index in [1.54, 1.807) is 12.1 Å². The highest BCUT2D eigenvalue weighted by Gasteiger charge is 2.16. The number of hydrogen-bond donors (Lipinski definition) is 1. The van der Waals surface area contributed by atoms with Crippen LogP contribution in [0.15, 0.2) is 54.8 Å². The second-order valence-electron chi connectivity index (χ2n) is 6.11. The number of carbonyl (C=O) groups is 1. The van der Waals surface area contributed by atoms with Crippen molar-refractivity contribution in [2.24, 2.45) is 0 Å². The molecule has 1 heterocycles. The standard InChI is InChI=1S/C21H23NO5/c1-25-15-20(21(23)24)19-8-3-2-5-16(19)14-27-18-7-4-6-17(13-18)22-9-11-26-12-10-22/h2-8,13,15H,9-12,14H2,1H3,(H,23,24)/b20-15-. The molecule has 2 aromatic rings. The number of hydrogen-bond acceptors (Lipinski definition) is 5. The molecule has 1 aliphatic rings. The second-order valence-corrected chi connectivity index (χ2v) is 6.11. The predicted octanol–water partition coefficient (Wildman–Crippen LogP) is 3.17. The van der Waals surface area contributed by atoms with Gasteiger partial charge in [0.15, 0.2) is 0 Å². The van der Waals surface area contributed by atoms with Crippen molar-refractivity contribution in [2.75, 3.05) is 38.3 Å². The topological polar surface area (TPSA) is 68.2 Å². The minimum absolute atomic E-state index is 0.0961. The molecule has 6 nitrogen and oxygen atoms in total. The van der Waals surface area contributed by atoms with Crippen molar-refractivity contribution < 1.29 is 24.1 Å². The fourth-order valence-electron chi connectivity index (χ4n) is 3.01. The van der Waals surface area contributed by atoms with E-state index in [0.29, 0.717) is 5.56 Å². The first kappa shape index (κ1) is 18.8. The van der Waals surface area contributed by atoms with Gasteiger partial charge in [0.25, 0.3) is 0 Å². The van der Waals surface area contributed by atoms with Gasteiger partial charge < -0.3 is 24.2 Å². The Morgan fingerprint density at radius 1 is 1.19 bits per heavy atom. The summed E-state index contributed by atoms with van der Waals surface area (Å²) in [6.45, 7) is 3.42. The molecule has 0 spiro atoms. The zero-order valence-electron chi connectivity index (χ0n) is 15.3. The molecule has 0 bridgehead atoms. The van der Waals surface area contributed by atoms with Crippen molar-refractivity contribution in [2.45, 2.75) is 6.61 Å². The average molecular weight is 369 g/mol. The summed E-state index contributed by atoms with van der Waals surface area (Å²) in [6.07, 6.45) is 1.24. The maximum absolute atomic E-state index is 11.5. The van der Waals surface area contributed by atoms with Crippen molar-refractivity contribution >= 4 is 17.2 Å². The van der Waals surface area contributed by atoms with Crippen LogP contribution in [0.4, 0.5) is 5.69 Å². The summed E-state index contributed by atoms with van der Waals surface area (Å²) in [5.74, 6) is -0.306. The van der Waals surface area contributed by atoms with Crippen molar-refractivity contribution in [1.82, 2.24) is 0 Å². The third kappa shape index (κ3) is 4.80. The monoisotopic (exact) mass is 369 g/mol. The van der Waals surface area contributed by atoms with Crippen LogP contribution in [-0.2, 0) is 20.9 Å². The van der Waals surface area contributed by atoms with Gasteiger partial charge in [0.2, 0.25) is 0 Å². The van der Waals surface area contributed by atoms with Crippen LogP contribution in [0.5, 0.6) is 5.75 Å². The number of methoxy groups -OCH3 is 1. The van der Waals surface area contributed by atoms with Crippen LogP contribution in [0.3, 0.4) is 0 Å². The van der Waals surface area contributed by atoms with E-state index in [1.807, 2.05) is 30.3 Å². The number of aliphatic carboxylic acids is 1. The molecule has 0 unspecified atom stereocenters. The number of morpholine rings is 1. The number of carboxylic acids is 1. The summed E-state index contributed by atoms with van der Waals surface area (Å²) in [4.78, 5) is 13.8. The molecule has 1 aliphatic heterocycles. The molecule has 0 aromatic heterocycles. The molecule has 1 saturated heterocycles. The molecule has 0 atom stereocenters. The number of ether oxygens (including phenoxy) is 3. The summed E-state index contributed by atoms with van der Waals surface area (Å²) in [6, 6.07) is 15.2. The van der Waals surface area contributed by atoms with E-state index in [0.717, 1.165) is 43.3 Å². The van der Waals surface area contributed by atoms with Gasteiger partial charge in [0, 0.05) is 24.8 Å². The fourth-order valence-corrected chi connectivity index (χ4v) is 3.01. The fraction of sp³-hybridized carbons (Fsp3) is 0.286. The number of rotatable bonds is 7. The molecule has 0 saturated carbocycles. The summed E-state index contributed by atoms with van der Waals surface area (Å²) in [5, 5.41) is 9.44. The first-order valence-corrected chi connectivity index (χ1v) is 8.79. The van der Waals surface area contributed by atoms with E-state index in [9.17, 15) is 9.90 Å². The third-order valence-electron chi connectivity index (χ3n) is 4.36. The highest BCUT2D eigenvalue weighted by atomic mass is 16.5. The zero-order valence-corrected chi connectivity index (χ0v) is 15.3.